The minimum absolute atomic E-state index is 0.403. The van der Waals surface area contributed by atoms with Crippen molar-refractivity contribution in [2.24, 2.45) is 5.41 Å². The van der Waals surface area contributed by atoms with Gasteiger partial charge < -0.3 is 9.84 Å². The van der Waals surface area contributed by atoms with Gasteiger partial charge in [0.05, 0.1) is 11.0 Å². The number of carbonyl (C=O) groups excluding carboxylic acids is 1. The fraction of sp³-hybridized carbons (Fsp3) is 0.533. The molecule has 0 saturated carbocycles. The van der Waals surface area contributed by atoms with Gasteiger partial charge in [-0.3, -0.25) is 4.79 Å². The summed E-state index contributed by atoms with van der Waals surface area (Å²) in [4.78, 5) is 12.2. The zero-order valence-electron chi connectivity index (χ0n) is 11.6. The Labute approximate surface area is 109 Å². The van der Waals surface area contributed by atoms with Crippen LogP contribution in [0, 0.1) is 5.41 Å². The number of hydrogen-bond donors (Lipinski definition) is 1. The van der Waals surface area contributed by atoms with Gasteiger partial charge in [0.25, 0.3) is 0 Å². The van der Waals surface area contributed by atoms with Gasteiger partial charge in [-0.15, -0.1) is 0 Å². The summed E-state index contributed by atoms with van der Waals surface area (Å²) in [6.07, 6.45) is 1.03. The molecule has 0 aliphatic carbocycles. The monoisotopic (exact) mass is 250 g/mol. The molecule has 0 spiro atoms. The van der Waals surface area contributed by atoms with E-state index in [9.17, 15) is 9.90 Å². The van der Waals surface area contributed by atoms with E-state index >= 15 is 0 Å². The molecule has 0 fully saturated rings. The van der Waals surface area contributed by atoms with Crippen molar-refractivity contribution >= 4 is 5.97 Å². The van der Waals surface area contributed by atoms with E-state index in [0.717, 1.165) is 0 Å². The molecule has 0 atom stereocenters. The standard InChI is InChI=1S/C15H22O3/c1-5-15(17,6-2)14(3,4)13(16)18-12-10-8-7-9-11-12/h7-11,17H,5-6H2,1-4H3. The molecule has 3 nitrogen and oxygen atoms in total. The largest absolute Gasteiger partial charge is 0.426 e. The van der Waals surface area contributed by atoms with Gasteiger partial charge in [-0.05, 0) is 38.8 Å². The lowest BCUT2D eigenvalue weighted by atomic mass is 9.71. The van der Waals surface area contributed by atoms with Crippen LogP contribution in [0.5, 0.6) is 5.75 Å². The highest BCUT2D eigenvalue weighted by Crippen LogP contribution is 2.37. The van der Waals surface area contributed by atoms with Crippen molar-refractivity contribution in [2.45, 2.75) is 46.1 Å². The molecule has 0 saturated heterocycles. The molecule has 100 valence electrons. The van der Waals surface area contributed by atoms with Crippen LogP contribution in [0.4, 0.5) is 0 Å². The molecule has 1 aromatic carbocycles. The van der Waals surface area contributed by atoms with E-state index in [1.807, 2.05) is 19.9 Å². The normalized spacial score (nSPS) is 12.3. The number of rotatable bonds is 5. The molecule has 0 radical (unpaired) electrons. The highest BCUT2D eigenvalue weighted by molar-refractivity contribution is 5.79. The SMILES string of the molecule is CCC(O)(CC)C(C)(C)C(=O)Oc1ccccc1. The van der Waals surface area contributed by atoms with Crippen molar-refractivity contribution in [3.63, 3.8) is 0 Å². The molecular formula is C15H22O3. The van der Waals surface area contributed by atoms with Crippen molar-refractivity contribution in [3.05, 3.63) is 30.3 Å². The predicted octanol–water partition coefficient (Wildman–Crippen LogP) is 3.17. The minimum atomic E-state index is -1.04. The minimum Gasteiger partial charge on any atom is -0.426 e. The third-order valence-electron chi connectivity index (χ3n) is 3.80. The summed E-state index contributed by atoms with van der Waals surface area (Å²) in [6.45, 7) is 7.21. The summed E-state index contributed by atoms with van der Waals surface area (Å²) in [6, 6.07) is 8.93. The van der Waals surface area contributed by atoms with Crippen molar-refractivity contribution in [1.29, 1.82) is 0 Å². The van der Waals surface area contributed by atoms with E-state index in [0.29, 0.717) is 18.6 Å². The van der Waals surface area contributed by atoms with E-state index in [4.69, 9.17) is 4.74 Å². The van der Waals surface area contributed by atoms with E-state index in [-0.39, 0.29) is 0 Å². The number of aliphatic hydroxyl groups is 1. The summed E-state index contributed by atoms with van der Waals surface area (Å²) in [5.74, 6) is 0.102. The van der Waals surface area contributed by atoms with Gasteiger partial charge in [-0.1, -0.05) is 32.0 Å². The smallest absolute Gasteiger partial charge is 0.319 e. The van der Waals surface area contributed by atoms with Crippen LogP contribution in [0.3, 0.4) is 0 Å². The number of esters is 1. The first-order chi connectivity index (χ1) is 8.37. The Morgan fingerprint density at radius 1 is 1.17 bits per heavy atom. The zero-order chi connectivity index (χ0) is 13.8. The van der Waals surface area contributed by atoms with Crippen LogP contribution >= 0.6 is 0 Å². The van der Waals surface area contributed by atoms with Crippen molar-refractivity contribution in [1.82, 2.24) is 0 Å². The maximum Gasteiger partial charge on any atom is 0.319 e. The van der Waals surface area contributed by atoms with Crippen molar-refractivity contribution in [3.8, 4) is 5.75 Å². The molecule has 0 heterocycles. The van der Waals surface area contributed by atoms with Crippen LogP contribution in [0.1, 0.15) is 40.5 Å². The van der Waals surface area contributed by atoms with Gasteiger partial charge in [-0.25, -0.2) is 0 Å². The molecule has 0 bridgehead atoms. The zero-order valence-corrected chi connectivity index (χ0v) is 11.6. The molecule has 1 rings (SSSR count). The molecular weight excluding hydrogens is 228 g/mol. The molecule has 0 amide bonds. The second kappa shape index (κ2) is 5.53. The number of benzene rings is 1. The Kier molecular flexibility index (Phi) is 4.52. The van der Waals surface area contributed by atoms with Crippen LogP contribution in [0.25, 0.3) is 0 Å². The fourth-order valence-electron chi connectivity index (χ4n) is 2.05. The third kappa shape index (κ3) is 2.72. The lowest BCUT2D eigenvalue weighted by Crippen LogP contribution is -2.50. The Hall–Kier alpha value is -1.35. The Balaban J connectivity index is 2.89. The number of hydrogen-bond acceptors (Lipinski definition) is 3. The van der Waals surface area contributed by atoms with Gasteiger partial charge in [0, 0.05) is 0 Å². The predicted molar refractivity (Wildman–Crippen MR) is 71.4 cm³/mol. The topological polar surface area (TPSA) is 46.5 Å². The first kappa shape index (κ1) is 14.7. The van der Waals surface area contributed by atoms with E-state index in [1.165, 1.54) is 0 Å². The Bertz CT molecular complexity index is 391. The maximum atomic E-state index is 12.2. The third-order valence-corrected chi connectivity index (χ3v) is 3.80. The maximum absolute atomic E-state index is 12.2. The summed E-state index contributed by atoms with van der Waals surface area (Å²) in [7, 11) is 0. The summed E-state index contributed by atoms with van der Waals surface area (Å²) < 4.78 is 5.33. The van der Waals surface area contributed by atoms with Crippen molar-refractivity contribution < 1.29 is 14.6 Å². The summed E-state index contributed by atoms with van der Waals surface area (Å²) in [5, 5.41) is 10.5. The first-order valence-corrected chi connectivity index (χ1v) is 6.37. The Morgan fingerprint density at radius 3 is 2.11 bits per heavy atom. The summed E-state index contributed by atoms with van der Waals surface area (Å²) >= 11 is 0. The van der Waals surface area contributed by atoms with Gasteiger partial charge in [0.2, 0.25) is 0 Å². The van der Waals surface area contributed by atoms with Gasteiger partial charge in [0.1, 0.15) is 5.75 Å². The number of para-hydroxylation sites is 1. The van der Waals surface area contributed by atoms with Crippen LogP contribution in [-0.4, -0.2) is 16.7 Å². The Morgan fingerprint density at radius 2 is 1.67 bits per heavy atom. The summed E-state index contributed by atoms with van der Waals surface area (Å²) in [5.41, 5.74) is -1.98. The molecule has 1 N–H and O–H groups in total. The van der Waals surface area contributed by atoms with Crippen LogP contribution in [-0.2, 0) is 4.79 Å². The molecule has 3 heteroatoms. The van der Waals surface area contributed by atoms with E-state index < -0.39 is 17.0 Å². The molecule has 0 aromatic heterocycles. The van der Waals surface area contributed by atoms with Crippen LogP contribution in [0.15, 0.2) is 30.3 Å². The number of carbonyl (C=O) groups is 1. The second-order valence-electron chi connectivity index (χ2n) is 5.07. The van der Waals surface area contributed by atoms with Crippen molar-refractivity contribution in [2.75, 3.05) is 0 Å². The van der Waals surface area contributed by atoms with Crippen LogP contribution < -0.4 is 4.74 Å². The average molecular weight is 250 g/mol. The van der Waals surface area contributed by atoms with Gasteiger partial charge >= 0.3 is 5.97 Å². The van der Waals surface area contributed by atoms with E-state index in [1.54, 1.807) is 38.1 Å². The quantitative estimate of drug-likeness (QED) is 0.645. The fourth-order valence-corrected chi connectivity index (χ4v) is 2.05. The lowest BCUT2D eigenvalue weighted by Gasteiger charge is -2.39. The molecule has 0 aliphatic heterocycles. The second-order valence-corrected chi connectivity index (χ2v) is 5.07. The molecule has 0 unspecified atom stereocenters. The highest BCUT2D eigenvalue weighted by Gasteiger charge is 2.47. The average Bonchev–Trinajstić information content (AvgIpc) is 2.38. The number of ether oxygens (including phenoxy) is 1. The van der Waals surface area contributed by atoms with Gasteiger partial charge in [-0.2, -0.15) is 0 Å². The highest BCUT2D eigenvalue weighted by atomic mass is 16.5. The molecule has 0 aliphatic rings. The van der Waals surface area contributed by atoms with Gasteiger partial charge in [0.15, 0.2) is 0 Å². The molecule has 18 heavy (non-hydrogen) atoms. The lowest BCUT2D eigenvalue weighted by molar-refractivity contribution is -0.162. The first-order valence-electron chi connectivity index (χ1n) is 6.37. The van der Waals surface area contributed by atoms with E-state index in [2.05, 4.69) is 0 Å². The van der Waals surface area contributed by atoms with Crippen LogP contribution in [0.2, 0.25) is 0 Å². The molecule has 1 aromatic rings.